The molecule has 1 aromatic carbocycles. The van der Waals surface area contributed by atoms with Gasteiger partial charge < -0.3 is 10.6 Å². The van der Waals surface area contributed by atoms with E-state index in [4.69, 9.17) is 0 Å². The average Bonchev–Trinajstić information content (AvgIpc) is 3.07. The van der Waals surface area contributed by atoms with Crippen molar-refractivity contribution >= 4 is 33.8 Å². The Morgan fingerprint density at radius 1 is 1.17 bits per heavy atom. The molecule has 0 radical (unpaired) electrons. The second-order valence-corrected chi connectivity index (χ2v) is 7.69. The number of thiophene rings is 1. The molecule has 0 aliphatic carbocycles. The third-order valence-electron chi connectivity index (χ3n) is 4.54. The normalized spacial score (nSPS) is 10.5. The molecule has 154 valence electrons. The highest BCUT2D eigenvalue weighted by molar-refractivity contribution is 7.16. The summed E-state index contributed by atoms with van der Waals surface area (Å²) < 4.78 is 0. The molecule has 0 aliphatic heterocycles. The Hall–Kier alpha value is -3.59. The van der Waals surface area contributed by atoms with Crippen LogP contribution in [0, 0.1) is 17.0 Å². The Morgan fingerprint density at radius 3 is 2.60 bits per heavy atom. The number of rotatable bonds is 7. The molecule has 0 saturated heterocycles. The molecule has 0 saturated carbocycles. The number of carbonyl (C=O) groups excluding carboxylic acids is 2. The molecular formula is C21H20N4O4S. The van der Waals surface area contributed by atoms with Crippen molar-refractivity contribution in [2.45, 2.75) is 26.8 Å². The predicted molar refractivity (Wildman–Crippen MR) is 115 cm³/mol. The van der Waals surface area contributed by atoms with E-state index in [1.165, 1.54) is 29.5 Å². The SMILES string of the molecule is CCc1c(C)sc(NC(=O)c2ccccc2[N+](=O)[O-])c1C(=O)NCc1cccnc1. The lowest BCUT2D eigenvalue weighted by Crippen LogP contribution is -2.25. The van der Waals surface area contributed by atoms with Crippen LogP contribution in [0.15, 0.2) is 48.8 Å². The largest absolute Gasteiger partial charge is 0.348 e. The highest BCUT2D eigenvalue weighted by Crippen LogP contribution is 2.34. The fourth-order valence-corrected chi connectivity index (χ4v) is 4.24. The van der Waals surface area contributed by atoms with Gasteiger partial charge in [0.1, 0.15) is 10.6 Å². The van der Waals surface area contributed by atoms with E-state index < -0.39 is 10.8 Å². The molecule has 0 atom stereocenters. The molecule has 0 aliphatic rings. The lowest BCUT2D eigenvalue weighted by atomic mass is 10.1. The van der Waals surface area contributed by atoms with Gasteiger partial charge in [0.15, 0.2) is 0 Å². The number of nitro benzene ring substituents is 1. The summed E-state index contributed by atoms with van der Waals surface area (Å²) in [6.07, 6.45) is 3.93. The number of aryl methyl sites for hydroxylation is 1. The van der Waals surface area contributed by atoms with Crippen LogP contribution in [0.25, 0.3) is 0 Å². The Bertz CT molecular complexity index is 1100. The molecule has 0 spiro atoms. The molecule has 30 heavy (non-hydrogen) atoms. The topological polar surface area (TPSA) is 114 Å². The van der Waals surface area contributed by atoms with Crippen LogP contribution in [0.1, 0.15) is 43.6 Å². The molecule has 9 heteroatoms. The standard InChI is InChI=1S/C21H20N4O4S/c1-3-15-13(2)30-21(18(15)20(27)23-12-14-7-6-10-22-11-14)24-19(26)16-8-4-5-9-17(16)25(28)29/h4-11H,3,12H2,1-2H3,(H,23,27)(H,24,26). The van der Waals surface area contributed by atoms with E-state index in [1.54, 1.807) is 24.5 Å². The van der Waals surface area contributed by atoms with Crippen LogP contribution in [0.2, 0.25) is 0 Å². The summed E-state index contributed by atoms with van der Waals surface area (Å²) in [4.78, 5) is 41.3. The quantitative estimate of drug-likeness (QED) is 0.438. The number of carbonyl (C=O) groups is 2. The maximum Gasteiger partial charge on any atom is 0.282 e. The molecule has 2 N–H and O–H groups in total. The lowest BCUT2D eigenvalue weighted by Gasteiger charge is -2.10. The first kappa shape index (κ1) is 21.1. The van der Waals surface area contributed by atoms with E-state index in [0.717, 1.165) is 16.0 Å². The monoisotopic (exact) mass is 424 g/mol. The summed E-state index contributed by atoms with van der Waals surface area (Å²) in [6, 6.07) is 9.35. The van der Waals surface area contributed by atoms with Crippen LogP contribution in [0.4, 0.5) is 10.7 Å². The molecule has 3 aromatic rings. The maximum atomic E-state index is 12.9. The summed E-state index contributed by atoms with van der Waals surface area (Å²) in [5.41, 5.74) is 1.72. The number of amides is 2. The zero-order valence-corrected chi connectivity index (χ0v) is 17.3. The van der Waals surface area contributed by atoms with E-state index in [1.807, 2.05) is 19.9 Å². The summed E-state index contributed by atoms with van der Waals surface area (Å²) in [5, 5.41) is 17.2. The van der Waals surface area contributed by atoms with Crippen LogP contribution in [-0.4, -0.2) is 21.7 Å². The van der Waals surface area contributed by atoms with Gasteiger partial charge in [-0.05, 0) is 36.6 Å². The Balaban J connectivity index is 1.88. The first-order valence-corrected chi connectivity index (χ1v) is 10.1. The number of anilines is 1. The van der Waals surface area contributed by atoms with Gasteiger partial charge in [0.05, 0.1) is 10.5 Å². The van der Waals surface area contributed by atoms with Gasteiger partial charge >= 0.3 is 0 Å². The molecule has 3 rings (SSSR count). The summed E-state index contributed by atoms with van der Waals surface area (Å²) >= 11 is 1.28. The van der Waals surface area contributed by atoms with Crippen molar-refractivity contribution < 1.29 is 14.5 Å². The second kappa shape index (κ2) is 9.27. The van der Waals surface area contributed by atoms with Crippen molar-refractivity contribution in [2.24, 2.45) is 0 Å². The van der Waals surface area contributed by atoms with Crippen molar-refractivity contribution in [3.8, 4) is 0 Å². The Morgan fingerprint density at radius 2 is 1.93 bits per heavy atom. The van der Waals surface area contributed by atoms with E-state index in [0.29, 0.717) is 23.5 Å². The predicted octanol–water partition coefficient (Wildman–Crippen LogP) is 4.10. The van der Waals surface area contributed by atoms with E-state index in [-0.39, 0.29) is 17.2 Å². The third-order valence-corrected chi connectivity index (χ3v) is 5.60. The highest BCUT2D eigenvalue weighted by Gasteiger charge is 2.25. The van der Waals surface area contributed by atoms with Crippen molar-refractivity contribution in [3.05, 3.63) is 86.0 Å². The zero-order valence-electron chi connectivity index (χ0n) is 16.5. The number of aromatic nitrogens is 1. The Kier molecular flexibility index (Phi) is 6.53. The summed E-state index contributed by atoms with van der Waals surface area (Å²) in [5.74, 6) is -0.953. The first-order valence-electron chi connectivity index (χ1n) is 9.26. The van der Waals surface area contributed by atoms with Gasteiger partial charge in [0.2, 0.25) is 0 Å². The number of benzene rings is 1. The van der Waals surface area contributed by atoms with Crippen molar-refractivity contribution in [1.82, 2.24) is 10.3 Å². The fourth-order valence-electron chi connectivity index (χ4n) is 3.10. The van der Waals surface area contributed by atoms with Crippen LogP contribution < -0.4 is 10.6 Å². The minimum Gasteiger partial charge on any atom is -0.348 e. The van der Waals surface area contributed by atoms with E-state index in [9.17, 15) is 19.7 Å². The van der Waals surface area contributed by atoms with Crippen LogP contribution in [-0.2, 0) is 13.0 Å². The van der Waals surface area contributed by atoms with Gasteiger partial charge in [-0.1, -0.05) is 25.1 Å². The second-order valence-electron chi connectivity index (χ2n) is 6.47. The molecule has 8 nitrogen and oxygen atoms in total. The molecule has 0 fully saturated rings. The van der Waals surface area contributed by atoms with E-state index >= 15 is 0 Å². The smallest absolute Gasteiger partial charge is 0.282 e. The number of nitrogens with zero attached hydrogens (tertiary/aromatic N) is 2. The average molecular weight is 424 g/mol. The van der Waals surface area contributed by atoms with Crippen molar-refractivity contribution in [1.29, 1.82) is 0 Å². The van der Waals surface area contributed by atoms with Gasteiger partial charge in [-0.25, -0.2) is 0 Å². The van der Waals surface area contributed by atoms with Gasteiger partial charge in [0.25, 0.3) is 17.5 Å². The minimum absolute atomic E-state index is 0.0617. The van der Waals surface area contributed by atoms with E-state index in [2.05, 4.69) is 15.6 Å². The van der Waals surface area contributed by atoms with Crippen LogP contribution in [0.3, 0.4) is 0 Å². The highest BCUT2D eigenvalue weighted by atomic mass is 32.1. The molecule has 2 aromatic heterocycles. The van der Waals surface area contributed by atoms with Crippen molar-refractivity contribution in [3.63, 3.8) is 0 Å². The number of para-hydroxylation sites is 1. The first-order chi connectivity index (χ1) is 14.4. The van der Waals surface area contributed by atoms with Gasteiger partial charge in [-0.3, -0.25) is 24.7 Å². The molecule has 0 bridgehead atoms. The van der Waals surface area contributed by atoms with Gasteiger partial charge in [0, 0.05) is 29.9 Å². The van der Waals surface area contributed by atoms with Crippen molar-refractivity contribution in [2.75, 3.05) is 5.32 Å². The zero-order chi connectivity index (χ0) is 21.7. The van der Waals surface area contributed by atoms with Crippen LogP contribution in [0.5, 0.6) is 0 Å². The Labute approximate surface area is 177 Å². The van der Waals surface area contributed by atoms with Gasteiger partial charge in [-0.2, -0.15) is 0 Å². The lowest BCUT2D eigenvalue weighted by molar-refractivity contribution is -0.385. The third kappa shape index (κ3) is 4.52. The number of nitro groups is 1. The summed E-state index contributed by atoms with van der Waals surface area (Å²) in [7, 11) is 0. The van der Waals surface area contributed by atoms with Gasteiger partial charge in [-0.15, -0.1) is 11.3 Å². The summed E-state index contributed by atoms with van der Waals surface area (Å²) in [6.45, 7) is 4.10. The van der Waals surface area contributed by atoms with Crippen LogP contribution >= 0.6 is 11.3 Å². The maximum absolute atomic E-state index is 12.9. The molecular weight excluding hydrogens is 404 g/mol. The number of hydrogen-bond donors (Lipinski definition) is 2. The molecule has 2 amide bonds. The fraction of sp³-hybridized carbons (Fsp3) is 0.190. The number of hydrogen-bond acceptors (Lipinski definition) is 6. The minimum atomic E-state index is -0.632. The molecule has 0 unspecified atom stereocenters. The number of pyridine rings is 1. The molecule has 2 heterocycles. The number of nitrogens with one attached hydrogen (secondary N) is 2.